The number of hydrogen-bond donors (Lipinski definition) is 3. The lowest BCUT2D eigenvalue weighted by Gasteiger charge is -2.23. The van der Waals surface area contributed by atoms with Crippen LogP contribution in [0.15, 0.2) is 33.9 Å². The van der Waals surface area contributed by atoms with Crippen molar-refractivity contribution in [3.63, 3.8) is 0 Å². The SMILES string of the molecule is C[C@@]1(F)[C@H](O)/C(=C\O)O[C@H]1n1ccc(=O)[nH]c1=O. The van der Waals surface area contributed by atoms with E-state index in [2.05, 4.69) is 0 Å². The van der Waals surface area contributed by atoms with Crippen LogP contribution in [0.2, 0.25) is 0 Å². The average molecular weight is 258 g/mol. The zero-order valence-corrected chi connectivity index (χ0v) is 9.33. The molecule has 0 radical (unpaired) electrons. The van der Waals surface area contributed by atoms with Gasteiger partial charge in [-0.3, -0.25) is 14.3 Å². The number of halogens is 1. The Morgan fingerprint density at radius 1 is 1.61 bits per heavy atom. The summed E-state index contributed by atoms with van der Waals surface area (Å²) < 4.78 is 20.1. The number of aliphatic hydroxyl groups is 2. The van der Waals surface area contributed by atoms with Crippen LogP contribution in [0.1, 0.15) is 13.2 Å². The van der Waals surface area contributed by atoms with Crippen molar-refractivity contribution in [3.8, 4) is 0 Å². The van der Waals surface area contributed by atoms with Crippen molar-refractivity contribution in [2.45, 2.75) is 24.9 Å². The van der Waals surface area contributed by atoms with Gasteiger partial charge in [0.15, 0.2) is 17.5 Å². The minimum Gasteiger partial charge on any atom is -0.512 e. The molecular formula is C10H11FN2O5. The highest BCUT2D eigenvalue weighted by Gasteiger charge is 2.54. The Hall–Kier alpha value is -2.09. The molecule has 0 saturated carbocycles. The molecule has 1 saturated heterocycles. The van der Waals surface area contributed by atoms with Gasteiger partial charge in [0, 0.05) is 12.3 Å². The first-order valence-corrected chi connectivity index (χ1v) is 5.07. The average Bonchev–Trinajstić information content (AvgIpc) is 2.52. The van der Waals surface area contributed by atoms with Crippen molar-refractivity contribution in [2.75, 3.05) is 0 Å². The molecule has 0 aliphatic carbocycles. The first-order chi connectivity index (χ1) is 8.37. The lowest BCUT2D eigenvalue weighted by atomic mass is 10.0. The van der Waals surface area contributed by atoms with Gasteiger partial charge < -0.3 is 14.9 Å². The predicted molar refractivity (Wildman–Crippen MR) is 57.7 cm³/mol. The molecule has 1 aliphatic heterocycles. The molecule has 1 aliphatic rings. The zero-order chi connectivity index (χ0) is 13.5. The van der Waals surface area contributed by atoms with Crippen LogP contribution in [0, 0.1) is 0 Å². The lowest BCUT2D eigenvalue weighted by Crippen LogP contribution is -2.42. The van der Waals surface area contributed by atoms with Gasteiger partial charge >= 0.3 is 5.69 Å². The summed E-state index contributed by atoms with van der Waals surface area (Å²) in [5.74, 6) is -0.386. The van der Waals surface area contributed by atoms with Gasteiger partial charge in [-0.05, 0) is 6.92 Å². The molecule has 1 fully saturated rings. The van der Waals surface area contributed by atoms with E-state index in [4.69, 9.17) is 9.84 Å². The second kappa shape index (κ2) is 3.98. The molecule has 3 N–H and O–H groups in total. The second-order valence-electron chi connectivity index (χ2n) is 4.07. The third kappa shape index (κ3) is 1.70. The Labute approximate surface area is 99.8 Å². The molecule has 1 aromatic heterocycles. The fraction of sp³-hybridized carbons (Fsp3) is 0.400. The van der Waals surface area contributed by atoms with Crippen LogP contribution in [0.25, 0.3) is 0 Å². The van der Waals surface area contributed by atoms with Crippen molar-refractivity contribution < 1.29 is 19.3 Å². The zero-order valence-electron chi connectivity index (χ0n) is 9.33. The van der Waals surface area contributed by atoms with Crippen LogP contribution in [0.3, 0.4) is 0 Å². The predicted octanol–water partition coefficient (Wildman–Crippen LogP) is -0.446. The fourth-order valence-corrected chi connectivity index (χ4v) is 1.76. The monoisotopic (exact) mass is 258 g/mol. The lowest BCUT2D eigenvalue weighted by molar-refractivity contribution is -0.0356. The van der Waals surface area contributed by atoms with Crippen molar-refractivity contribution in [2.24, 2.45) is 0 Å². The first-order valence-electron chi connectivity index (χ1n) is 5.07. The van der Waals surface area contributed by atoms with Gasteiger partial charge in [-0.1, -0.05) is 0 Å². The van der Waals surface area contributed by atoms with Crippen LogP contribution >= 0.6 is 0 Å². The number of hydrogen-bond acceptors (Lipinski definition) is 5. The number of nitrogens with one attached hydrogen (secondary N) is 1. The Morgan fingerprint density at radius 3 is 2.78 bits per heavy atom. The summed E-state index contributed by atoms with van der Waals surface area (Å²) in [6, 6.07) is 1.02. The number of ether oxygens (including phenoxy) is 1. The largest absolute Gasteiger partial charge is 0.512 e. The summed E-state index contributed by atoms with van der Waals surface area (Å²) in [4.78, 5) is 24.4. The van der Waals surface area contributed by atoms with Gasteiger partial charge in [-0.25, -0.2) is 9.18 Å². The van der Waals surface area contributed by atoms with E-state index in [1.807, 2.05) is 4.98 Å². The molecule has 0 aromatic carbocycles. The maximum absolute atomic E-state index is 14.3. The Morgan fingerprint density at radius 2 is 2.28 bits per heavy atom. The Balaban J connectivity index is 2.52. The summed E-state index contributed by atoms with van der Waals surface area (Å²) in [5.41, 5.74) is -3.83. The van der Waals surface area contributed by atoms with Gasteiger partial charge in [-0.2, -0.15) is 0 Å². The Kier molecular flexibility index (Phi) is 2.74. The number of nitrogens with zero attached hydrogens (tertiary/aromatic N) is 1. The molecule has 0 spiro atoms. The van der Waals surface area contributed by atoms with E-state index in [1.165, 1.54) is 0 Å². The molecule has 0 bridgehead atoms. The van der Waals surface area contributed by atoms with Crippen molar-refractivity contribution in [3.05, 3.63) is 45.1 Å². The molecule has 2 heterocycles. The molecule has 98 valence electrons. The van der Waals surface area contributed by atoms with Gasteiger partial charge in [0.25, 0.3) is 5.56 Å². The van der Waals surface area contributed by atoms with Crippen molar-refractivity contribution in [1.29, 1.82) is 0 Å². The quantitative estimate of drug-likeness (QED) is 0.592. The minimum atomic E-state index is -2.32. The van der Waals surface area contributed by atoms with Crippen LogP contribution in [0.5, 0.6) is 0 Å². The van der Waals surface area contributed by atoms with Crippen molar-refractivity contribution >= 4 is 0 Å². The summed E-state index contributed by atoms with van der Waals surface area (Å²) in [6.45, 7) is 1.02. The van der Waals surface area contributed by atoms with E-state index in [9.17, 15) is 19.1 Å². The molecule has 1 aromatic rings. The number of aromatic amines is 1. The van der Waals surface area contributed by atoms with Crippen LogP contribution in [-0.2, 0) is 4.74 Å². The second-order valence-corrected chi connectivity index (χ2v) is 4.07. The highest BCUT2D eigenvalue weighted by molar-refractivity contribution is 5.13. The minimum absolute atomic E-state index is 0.386. The van der Waals surface area contributed by atoms with Crippen molar-refractivity contribution in [1.82, 2.24) is 9.55 Å². The van der Waals surface area contributed by atoms with E-state index in [-0.39, 0.29) is 5.76 Å². The normalized spacial score (nSPS) is 33.6. The number of aliphatic hydroxyl groups excluding tert-OH is 2. The van der Waals surface area contributed by atoms with Crippen LogP contribution in [0.4, 0.5) is 4.39 Å². The molecule has 0 unspecified atom stereocenters. The van der Waals surface area contributed by atoms with E-state index in [0.29, 0.717) is 6.26 Å². The molecule has 3 atom stereocenters. The molecule has 0 amide bonds. The van der Waals surface area contributed by atoms with Gasteiger partial charge in [0.1, 0.15) is 6.26 Å². The maximum Gasteiger partial charge on any atom is 0.331 e. The smallest absolute Gasteiger partial charge is 0.331 e. The van der Waals surface area contributed by atoms with E-state index in [1.54, 1.807) is 0 Å². The summed E-state index contributed by atoms with van der Waals surface area (Å²) >= 11 is 0. The molecule has 8 heteroatoms. The highest BCUT2D eigenvalue weighted by atomic mass is 19.1. The topological polar surface area (TPSA) is 105 Å². The standard InChI is InChI=1S/C10H11FN2O5/c1-10(11)7(16)5(4-14)18-8(10)13-3-2-6(15)12-9(13)17/h2-4,7-8,14,16H,1H3,(H,12,15,17)/b5-4+/t7-,8-,10-/m1/s1. The summed E-state index contributed by atoms with van der Waals surface area (Å²) in [6.07, 6.45) is -1.70. The third-order valence-corrected chi connectivity index (χ3v) is 2.77. The van der Waals surface area contributed by atoms with E-state index >= 15 is 0 Å². The summed E-state index contributed by atoms with van der Waals surface area (Å²) in [5, 5.41) is 18.4. The Bertz CT molecular complexity index is 603. The van der Waals surface area contributed by atoms with Gasteiger partial charge in [0.05, 0.1) is 0 Å². The van der Waals surface area contributed by atoms with Crippen LogP contribution < -0.4 is 11.2 Å². The third-order valence-electron chi connectivity index (χ3n) is 2.77. The first kappa shape index (κ1) is 12.4. The molecule has 7 nitrogen and oxygen atoms in total. The molecular weight excluding hydrogens is 247 g/mol. The van der Waals surface area contributed by atoms with E-state index < -0.39 is 29.2 Å². The number of rotatable bonds is 1. The highest BCUT2D eigenvalue weighted by Crippen LogP contribution is 2.42. The van der Waals surface area contributed by atoms with Gasteiger partial charge in [-0.15, -0.1) is 0 Å². The number of H-pyrrole nitrogens is 1. The molecule has 18 heavy (non-hydrogen) atoms. The molecule has 2 rings (SSSR count). The number of alkyl halides is 1. The fourth-order valence-electron chi connectivity index (χ4n) is 1.76. The van der Waals surface area contributed by atoms with E-state index in [0.717, 1.165) is 23.8 Å². The maximum atomic E-state index is 14.3. The van der Waals surface area contributed by atoms with Crippen LogP contribution in [-0.4, -0.2) is 31.5 Å². The number of aromatic nitrogens is 2. The summed E-state index contributed by atoms with van der Waals surface area (Å²) in [7, 11) is 0. The van der Waals surface area contributed by atoms with Gasteiger partial charge in [0.2, 0.25) is 6.23 Å².